The molecule has 0 spiro atoms. The number of anilines is 2. The maximum absolute atomic E-state index is 13.6. The van der Waals surface area contributed by atoms with Gasteiger partial charge in [0, 0.05) is 18.8 Å². The molecule has 2 rings (SSSR count). The molecule has 1 fully saturated rings. The van der Waals surface area contributed by atoms with Crippen molar-refractivity contribution >= 4 is 11.4 Å². The molecule has 0 aromatic heterocycles. The van der Waals surface area contributed by atoms with Crippen molar-refractivity contribution < 1.29 is 9.50 Å². The van der Waals surface area contributed by atoms with Crippen LogP contribution in [0.25, 0.3) is 0 Å². The quantitative estimate of drug-likeness (QED) is 0.688. The Morgan fingerprint density at radius 1 is 1.47 bits per heavy atom. The van der Waals surface area contributed by atoms with Crippen molar-refractivity contribution in [1.82, 2.24) is 0 Å². The zero-order valence-corrected chi connectivity index (χ0v) is 8.49. The lowest BCUT2D eigenvalue weighted by molar-refractivity contribution is 0.154. The Labute approximate surface area is 88.3 Å². The summed E-state index contributed by atoms with van der Waals surface area (Å²) in [4.78, 5) is 1.86. The molecule has 0 bridgehead atoms. The highest BCUT2D eigenvalue weighted by atomic mass is 19.1. The maximum atomic E-state index is 13.6. The summed E-state index contributed by atoms with van der Waals surface area (Å²) in [5, 5.41) is 9.50. The number of halogens is 1. The molecule has 1 aromatic rings. The van der Waals surface area contributed by atoms with Crippen LogP contribution in [0.15, 0.2) is 18.2 Å². The number of hydrogen-bond donors (Lipinski definition) is 2. The number of nitrogens with two attached hydrogens (primary N) is 1. The second kappa shape index (κ2) is 4.06. The fraction of sp³-hybridized carbons (Fsp3) is 0.455. The fourth-order valence-electron chi connectivity index (χ4n) is 1.95. The zero-order valence-electron chi connectivity index (χ0n) is 8.49. The Morgan fingerprint density at radius 2 is 2.27 bits per heavy atom. The first-order valence-corrected chi connectivity index (χ1v) is 5.15. The molecule has 1 heterocycles. The van der Waals surface area contributed by atoms with Gasteiger partial charge < -0.3 is 15.7 Å². The number of hydrogen-bond acceptors (Lipinski definition) is 3. The molecule has 82 valence electrons. The third kappa shape index (κ3) is 2.21. The van der Waals surface area contributed by atoms with Crippen LogP contribution in [0.3, 0.4) is 0 Å². The highest BCUT2D eigenvalue weighted by Crippen LogP contribution is 2.24. The summed E-state index contributed by atoms with van der Waals surface area (Å²) in [7, 11) is 0. The molecule has 0 aliphatic carbocycles. The van der Waals surface area contributed by atoms with Gasteiger partial charge in [-0.2, -0.15) is 0 Å². The van der Waals surface area contributed by atoms with Crippen LogP contribution >= 0.6 is 0 Å². The van der Waals surface area contributed by atoms with Crippen molar-refractivity contribution in [2.45, 2.75) is 18.9 Å². The Morgan fingerprint density at radius 3 is 2.93 bits per heavy atom. The van der Waals surface area contributed by atoms with Gasteiger partial charge in [0.25, 0.3) is 0 Å². The van der Waals surface area contributed by atoms with Crippen LogP contribution in [0.4, 0.5) is 15.8 Å². The van der Waals surface area contributed by atoms with Crippen LogP contribution in [0, 0.1) is 5.82 Å². The van der Waals surface area contributed by atoms with Crippen LogP contribution in [0.1, 0.15) is 12.8 Å². The highest BCUT2D eigenvalue weighted by Gasteiger charge is 2.20. The van der Waals surface area contributed by atoms with Gasteiger partial charge in [-0.15, -0.1) is 0 Å². The Bertz CT molecular complexity index is 356. The van der Waals surface area contributed by atoms with Crippen LogP contribution in [0.5, 0.6) is 0 Å². The number of piperidine rings is 1. The zero-order chi connectivity index (χ0) is 10.8. The predicted molar refractivity (Wildman–Crippen MR) is 58.3 cm³/mol. The van der Waals surface area contributed by atoms with E-state index >= 15 is 0 Å². The van der Waals surface area contributed by atoms with E-state index in [9.17, 15) is 9.50 Å². The molecule has 4 heteroatoms. The van der Waals surface area contributed by atoms with Crippen molar-refractivity contribution in [3.05, 3.63) is 24.0 Å². The monoisotopic (exact) mass is 210 g/mol. The lowest BCUT2D eigenvalue weighted by Crippen LogP contribution is -2.38. The number of aliphatic hydroxyl groups excluding tert-OH is 1. The molecule has 0 radical (unpaired) electrons. The van der Waals surface area contributed by atoms with Gasteiger partial charge in [0.05, 0.1) is 11.8 Å². The molecule has 3 nitrogen and oxygen atoms in total. The first-order valence-electron chi connectivity index (χ1n) is 5.15. The average molecular weight is 210 g/mol. The number of β-amino-alcohol motifs (C(OH)–C–C–N with tert-alkyl or cyclic N) is 1. The van der Waals surface area contributed by atoms with E-state index in [1.165, 1.54) is 6.07 Å². The van der Waals surface area contributed by atoms with E-state index < -0.39 is 0 Å². The van der Waals surface area contributed by atoms with Gasteiger partial charge in [-0.3, -0.25) is 0 Å². The molecule has 1 aromatic carbocycles. The van der Waals surface area contributed by atoms with Crippen molar-refractivity contribution in [1.29, 1.82) is 0 Å². The van der Waals surface area contributed by atoms with E-state index in [2.05, 4.69) is 0 Å². The molecule has 1 aliphatic heterocycles. The first-order chi connectivity index (χ1) is 7.16. The third-order valence-electron chi connectivity index (χ3n) is 2.71. The van der Waals surface area contributed by atoms with E-state index in [0.717, 1.165) is 19.4 Å². The standard InChI is InChI=1S/C11H15FN2O/c12-10-6-8(13)3-4-11(10)14-5-1-2-9(15)7-14/h3-4,6,9,15H,1-2,5,7,13H2/t9-/m0/s1. The van der Waals surface area contributed by atoms with Crippen LogP contribution in [-0.2, 0) is 0 Å². The number of rotatable bonds is 1. The summed E-state index contributed by atoms with van der Waals surface area (Å²) >= 11 is 0. The molecule has 0 saturated carbocycles. The van der Waals surface area contributed by atoms with Gasteiger partial charge in [-0.25, -0.2) is 4.39 Å². The summed E-state index contributed by atoms with van der Waals surface area (Å²) in [6, 6.07) is 4.67. The van der Waals surface area contributed by atoms with Gasteiger partial charge in [0.15, 0.2) is 0 Å². The minimum Gasteiger partial charge on any atom is -0.399 e. The van der Waals surface area contributed by atoms with Crippen LogP contribution in [-0.4, -0.2) is 24.3 Å². The van der Waals surface area contributed by atoms with E-state index in [0.29, 0.717) is 17.9 Å². The largest absolute Gasteiger partial charge is 0.399 e. The smallest absolute Gasteiger partial charge is 0.148 e. The van der Waals surface area contributed by atoms with E-state index in [1.54, 1.807) is 12.1 Å². The Balaban J connectivity index is 2.21. The molecule has 15 heavy (non-hydrogen) atoms. The van der Waals surface area contributed by atoms with Crippen LogP contribution in [0.2, 0.25) is 0 Å². The minimum absolute atomic E-state index is 0.316. The number of nitrogens with zero attached hydrogens (tertiary/aromatic N) is 1. The average Bonchev–Trinajstić information content (AvgIpc) is 2.17. The van der Waals surface area contributed by atoms with Gasteiger partial charge in [0.2, 0.25) is 0 Å². The fourth-order valence-corrected chi connectivity index (χ4v) is 1.95. The van der Waals surface area contributed by atoms with E-state index in [4.69, 9.17) is 5.73 Å². The summed E-state index contributed by atoms with van der Waals surface area (Å²) in [6.45, 7) is 1.29. The normalized spacial score (nSPS) is 21.7. The molecule has 3 N–H and O–H groups in total. The van der Waals surface area contributed by atoms with Crippen LogP contribution < -0.4 is 10.6 Å². The summed E-state index contributed by atoms with van der Waals surface area (Å²) < 4.78 is 13.6. The minimum atomic E-state index is -0.351. The van der Waals surface area contributed by atoms with Gasteiger partial charge >= 0.3 is 0 Å². The lowest BCUT2D eigenvalue weighted by atomic mass is 10.1. The molecule has 1 atom stereocenters. The second-order valence-electron chi connectivity index (χ2n) is 3.95. The topological polar surface area (TPSA) is 49.5 Å². The second-order valence-corrected chi connectivity index (χ2v) is 3.95. The number of nitrogen functional groups attached to an aromatic ring is 1. The van der Waals surface area contributed by atoms with Crippen molar-refractivity contribution in [2.75, 3.05) is 23.7 Å². The summed E-state index contributed by atoms with van der Waals surface area (Å²) in [5.74, 6) is -0.316. The van der Waals surface area contributed by atoms with Gasteiger partial charge in [-0.05, 0) is 31.0 Å². The van der Waals surface area contributed by atoms with Crippen molar-refractivity contribution in [2.24, 2.45) is 0 Å². The third-order valence-corrected chi connectivity index (χ3v) is 2.71. The molecule has 0 amide bonds. The summed E-state index contributed by atoms with van der Waals surface area (Å²) in [5.41, 5.74) is 6.43. The number of benzene rings is 1. The predicted octanol–water partition coefficient (Wildman–Crippen LogP) is 1.37. The van der Waals surface area contributed by atoms with E-state index in [-0.39, 0.29) is 11.9 Å². The summed E-state index contributed by atoms with van der Waals surface area (Å²) in [6.07, 6.45) is 1.34. The Kier molecular flexibility index (Phi) is 2.77. The van der Waals surface area contributed by atoms with Gasteiger partial charge in [-0.1, -0.05) is 0 Å². The molecule has 0 unspecified atom stereocenters. The van der Waals surface area contributed by atoms with Gasteiger partial charge in [0.1, 0.15) is 5.82 Å². The highest BCUT2D eigenvalue weighted by molar-refractivity contribution is 5.54. The first kappa shape index (κ1) is 10.2. The lowest BCUT2D eigenvalue weighted by Gasteiger charge is -2.32. The van der Waals surface area contributed by atoms with Crippen molar-refractivity contribution in [3.63, 3.8) is 0 Å². The molecule has 1 saturated heterocycles. The maximum Gasteiger partial charge on any atom is 0.148 e. The molecular weight excluding hydrogens is 195 g/mol. The SMILES string of the molecule is Nc1ccc(N2CCC[C@H](O)C2)c(F)c1. The van der Waals surface area contributed by atoms with E-state index in [1.807, 2.05) is 4.90 Å². The molecule has 1 aliphatic rings. The Hall–Kier alpha value is -1.29. The van der Waals surface area contributed by atoms with Crippen molar-refractivity contribution in [3.8, 4) is 0 Å². The molecular formula is C11H15FN2O. The number of aliphatic hydroxyl groups is 1.